The molecule has 5 heteroatoms. The third-order valence-electron chi connectivity index (χ3n) is 2.53. The van der Waals surface area contributed by atoms with Gasteiger partial charge >= 0.3 is 5.97 Å². The van der Waals surface area contributed by atoms with Gasteiger partial charge in [0.05, 0.1) is 0 Å². The summed E-state index contributed by atoms with van der Waals surface area (Å²) >= 11 is 0. The van der Waals surface area contributed by atoms with Crippen molar-refractivity contribution in [2.75, 3.05) is 5.32 Å². The molecule has 0 aliphatic rings. The van der Waals surface area contributed by atoms with Crippen LogP contribution in [0.25, 0.3) is 11.1 Å². The molecule has 17 heavy (non-hydrogen) atoms. The van der Waals surface area contributed by atoms with Gasteiger partial charge in [-0.05, 0) is 38.0 Å². The van der Waals surface area contributed by atoms with E-state index in [0.717, 1.165) is 16.6 Å². The largest absolute Gasteiger partial charge is 0.480 e. The van der Waals surface area contributed by atoms with Crippen LogP contribution in [-0.4, -0.2) is 22.1 Å². The molecule has 0 saturated heterocycles. The monoisotopic (exact) mass is 234 g/mol. The fourth-order valence-electron chi connectivity index (χ4n) is 1.69. The number of aryl methyl sites for hydroxylation is 2. The van der Waals surface area contributed by atoms with Crippen molar-refractivity contribution in [1.82, 2.24) is 4.98 Å². The molecule has 2 rings (SSSR count). The van der Waals surface area contributed by atoms with Crippen LogP contribution >= 0.6 is 0 Å². The Morgan fingerprint density at radius 1 is 1.47 bits per heavy atom. The first-order chi connectivity index (χ1) is 7.97. The number of oxazole rings is 1. The van der Waals surface area contributed by atoms with Crippen LogP contribution in [0.1, 0.15) is 18.1 Å². The minimum absolute atomic E-state index is 0.239. The van der Waals surface area contributed by atoms with Crippen molar-refractivity contribution in [3.05, 3.63) is 23.3 Å². The number of nitrogens with one attached hydrogen (secondary N) is 1. The summed E-state index contributed by atoms with van der Waals surface area (Å²) in [6, 6.07) is 3.41. The lowest BCUT2D eigenvalue weighted by Crippen LogP contribution is -2.25. The Hall–Kier alpha value is -2.04. The summed E-state index contributed by atoms with van der Waals surface area (Å²) in [6.45, 7) is 5.45. The Bertz CT molecular complexity index is 574. The number of benzene rings is 1. The molecule has 2 aromatic rings. The van der Waals surface area contributed by atoms with E-state index in [4.69, 9.17) is 9.52 Å². The van der Waals surface area contributed by atoms with Crippen molar-refractivity contribution >= 4 is 23.1 Å². The molecule has 0 unspecified atom stereocenters. The fourth-order valence-corrected chi connectivity index (χ4v) is 1.69. The number of hydrogen-bond acceptors (Lipinski definition) is 4. The van der Waals surface area contributed by atoms with E-state index in [0.29, 0.717) is 5.58 Å². The summed E-state index contributed by atoms with van der Waals surface area (Å²) in [7, 11) is 0. The molecular formula is C12H14N2O3. The molecule has 0 aliphatic heterocycles. The SMILES string of the molecule is Cc1cc(C)c2oc(N[C@@H](C)C(=O)O)nc2c1. The van der Waals surface area contributed by atoms with Crippen LogP contribution in [0.5, 0.6) is 0 Å². The van der Waals surface area contributed by atoms with Gasteiger partial charge in [0.2, 0.25) is 0 Å². The van der Waals surface area contributed by atoms with E-state index in [1.807, 2.05) is 26.0 Å². The first-order valence-electron chi connectivity index (χ1n) is 5.34. The molecule has 0 radical (unpaired) electrons. The van der Waals surface area contributed by atoms with Gasteiger partial charge in [-0.3, -0.25) is 4.79 Å². The number of carboxylic acids is 1. The highest BCUT2D eigenvalue weighted by Gasteiger charge is 2.15. The zero-order chi connectivity index (χ0) is 12.6. The van der Waals surface area contributed by atoms with Gasteiger partial charge < -0.3 is 14.8 Å². The second-order valence-corrected chi connectivity index (χ2v) is 4.15. The van der Waals surface area contributed by atoms with Crippen LogP contribution < -0.4 is 5.32 Å². The van der Waals surface area contributed by atoms with E-state index < -0.39 is 12.0 Å². The lowest BCUT2D eigenvalue weighted by molar-refractivity contribution is -0.137. The molecule has 1 heterocycles. The van der Waals surface area contributed by atoms with E-state index >= 15 is 0 Å². The number of rotatable bonds is 3. The van der Waals surface area contributed by atoms with Crippen LogP contribution in [0.3, 0.4) is 0 Å². The molecule has 1 aromatic carbocycles. The van der Waals surface area contributed by atoms with Crippen LogP contribution in [-0.2, 0) is 4.79 Å². The molecule has 1 atom stereocenters. The number of carboxylic acid groups (broad SMARTS) is 1. The Morgan fingerprint density at radius 2 is 2.18 bits per heavy atom. The molecule has 2 N–H and O–H groups in total. The number of hydrogen-bond donors (Lipinski definition) is 2. The predicted molar refractivity (Wildman–Crippen MR) is 64.2 cm³/mol. The number of nitrogens with zero attached hydrogens (tertiary/aromatic N) is 1. The third-order valence-corrected chi connectivity index (χ3v) is 2.53. The van der Waals surface area contributed by atoms with Crippen LogP contribution in [0.4, 0.5) is 6.01 Å². The van der Waals surface area contributed by atoms with Crippen molar-refractivity contribution in [3.63, 3.8) is 0 Å². The smallest absolute Gasteiger partial charge is 0.325 e. The molecule has 90 valence electrons. The number of anilines is 1. The second-order valence-electron chi connectivity index (χ2n) is 4.15. The predicted octanol–water partition coefficient (Wildman–Crippen LogP) is 2.33. The van der Waals surface area contributed by atoms with Crippen LogP contribution in [0.2, 0.25) is 0 Å². The van der Waals surface area contributed by atoms with E-state index in [9.17, 15) is 4.79 Å². The summed E-state index contributed by atoms with van der Waals surface area (Å²) in [5, 5.41) is 11.5. The van der Waals surface area contributed by atoms with E-state index in [1.165, 1.54) is 6.92 Å². The molecule has 0 spiro atoms. The Labute approximate surface area is 98.5 Å². The van der Waals surface area contributed by atoms with Gasteiger partial charge in [0.25, 0.3) is 6.01 Å². The lowest BCUT2D eigenvalue weighted by atomic mass is 10.1. The quantitative estimate of drug-likeness (QED) is 0.852. The topological polar surface area (TPSA) is 75.4 Å². The summed E-state index contributed by atoms with van der Waals surface area (Å²) < 4.78 is 5.49. The number of carbonyl (C=O) groups is 1. The Morgan fingerprint density at radius 3 is 2.82 bits per heavy atom. The maximum atomic E-state index is 10.7. The van der Waals surface area contributed by atoms with Gasteiger partial charge in [-0.25, -0.2) is 0 Å². The van der Waals surface area contributed by atoms with Crippen LogP contribution in [0, 0.1) is 13.8 Å². The third kappa shape index (κ3) is 2.22. The zero-order valence-electron chi connectivity index (χ0n) is 9.94. The summed E-state index contributed by atoms with van der Waals surface area (Å²) in [6.07, 6.45) is 0. The molecule has 5 nitrogen and oxygen atoms in total. The van der Waals surface area contributed by atoms with Crippen molar-refractivity contribution < 1.29 is 14.3 Å². The Balaban J connectivity index is 2.38. The molecular weight excluding hydrogens is 220 g/mol. The minimum atomic E-state index is -0.944. The molecule has 0 fully saturated rings. The first kappa shape index (κ1) is 11.4. The van der Waals surface area contributed by atoms with Gasteiger partial charge in [-0.1, -0.05) is 6.07 Å². The molecule has 0 aliphatic carbocycles. The highest BCUT2D eigenvalue weighted by Crippen LogP contribution is 2.24. The van der Waals surface area contributed by atoms with Crippen molar-refractivity contribution in [3.8, 4) is 0 Å². The van der Waals surface area contributed by atoms with Gasteiger partial charge in [-0.15, -0.1) is 0 Å². The van der Waals surface area contributed by atoms with Gasteiger partial charge in [0.15, 0.2) is 5.58 Å². The second kappa shape index (κ2) is 4.08. The number of fused-ring (bicyclic) bond motifs is 1. The summed E-state index contributed by atoms with van der Waals surface area (Å²) in [5.74, 6) is -0.944. The standard InChI is InChI=1S/C12H14N2O3/c1-6-4-7(2)10-9(5-6)14-12(17-10)13-8(3)11(15)16/h4-5,8H,1-3H3,(H,13,14)(H,15,16)/t8-/m0/s1. The van der Waals surface area contributed by atoms with Crippen molar-refractivity contribution in [1.29, 1.82) is 0 Å². The maximum absolute atomic E-state index is 10.7. The lowest BCUT2D eigenvalue weighted by Gasteiger charge is -2.04. The van der Waals surface area contributed by atoms with E-state index in [2.05, 4.69) is 10.3 Å². The van der Waals surface area contributed by atoms with Gasteiger partial charge in [-0.2, -0.15) is 4.98 Å². The molecule has 0 bridgehead atoms. The summed E-state index contributed by atoms with van der Waals surface area (Å²) in [5.41, 5.74) is 3.52. The number of aromatic nitrogens is 1. The van der Waals surface area contributed by atoms with Crippen LogP contribution in [0.15, 0.2) is 16.5 Å². The highest BCUT2D eigenvalue weighted by atomic mass is 16.4. The van der Waals surface area contributed by atoms with Gasteiger partial charge in [0.1, 0.15) is 11.6 Å². The molecule has 0 amide bonds. The fraction of sp³-hybridized carbons (Fsp3) is 0.333. The van der Waals surface area contributed by atoms with Gasteiger partial charge in [0, 0.05) is 0 Å². The molecule has 0 saturated carbocycles. The minimum Gasteiger partial charge on any atom is -0.480 e. The van der Waals surface area contributed by atoms with Crippen molar-refractivity contribution in [2.24, 2.45) is 0 Å². The molecule has 1 aromatic heterocycles. The summed E-state index contributed by atoms with van der Waals surface area (Å²) in [4.78, 5) is 14.9. The van der Waals surface area contributed by atoms with E-state index in [1.54, 1.807) is 0 Å². The average molecular weight is 234 g/mol. The zero-order valence-corrected chi connectivity index (χ0v) is 9.94. The van der Waals surface area contributed by atoms with E-state index in [-0.39, 0.29) is 6.01 Å². The maximum Gasteiger partial charge on any atom is 0.325 e. The first-order valence-corrected chi connectivity index (χ1v) is 5.34. The Kier molecular flexibility index (Phi) is 2.75. The normalized spacial score (nSPS) is 12.6. The average Bonchev–Trinajstić information content (AvgIpc) is 2.60. The van der Waals surface area contributed by atoms with Crippen molar-refractivity contribution in [2.45, 2.75) is 26.8 Å². The number of aliphatic carboxylic acids is 1. The highest BCUT2D eigenvalue weighted by molar-refractivity contribution is 5.80.